The molecule has 30 heavy (non-hydrogen) atoms. The maximum Gasteiger partial charge on any atom is 0.236 e. The van der Waals surface area contributed by atoms with Gasteiger partial charge in [0.15, 0.2) is 9.92 Å². The van der Waals surface area contributed by atoms with E-state index in [1.54, 1.807) is 12.1 Å². The van der Waals surface area contributed by atoms with E-state index in [4.69, 9.17) is 4.78 Å². The number of hydrogen-bond acceptors (Lipinski definition) is 4. The van der Waals surface area contributed by atoms with Gasteiger partial charge in [0.1, 0.15) is 5.82 Å². The van der Waals surface area contributed by atoms with E-state index >= 15 is 0 Å². The summed E-state index contributed by atoms with van der Waals surface area (Å²) in [5, 5.41) is 0. The standard InChI is InChI=1S/C23H30FN3O2S/c1-15(2)20-11-18(24)12-21(17-7-8-17)22(20)13-23(28)26-30(25,29)19-9-5-16(6-10-19)14-27(3)4/h5-6,9-12,15,17H,7-8,13-14H2,1-4H3,(H2,25,26,28,29)/t30-/m1/s1. The first-order valence-corrected chi connectivity index (χ1v) is 11.8. The molecule has 0 aromatic heterocycles. The summed E-state index contributed by atoms with van der Waals surface area (Å²) in [5.41, 5.74) is 3.52. The molecule has 0 heterocycles. The number of benzene rings is 2. The first kappa shape index (κ1) is 22.4. The van der Waals surface area contributed by atoms with Crippen molar-refractivity contribution in [2.75, 3.05) is 14.1 Å². The maximum atomic E-state index is 14.1. The lowest BCUT2D eigenvalue weighted by Gasteiger charge is -2.18. The zero-order chi connectivity index (χ0) is 22.1. The average Bonchev–Trinajstić information content (AvgIpc) is 3.47. The summed E-state index contributed by atoms with van der Waals surface area (Å²) in [6.07, 6.45) is 1.97. The quantitative estimate of drug-likeness (QED) is 0.643. The highest BCUT2D eigenvalue weighted by Gasteiger charge is 2.29. The molecule has 0 radical (unpaired) electrons. The second kappa shape index (κ2) is 8.86. The molecule has 1 saturated carbocycles. The van der Waals surface area contributed by atoms with Gasteiger partial charge in [0, 0.05) is 6.54 Å². The van der Waals surface area contributed by atoms with E-state index in [0.29, 0.717) is 0 Å². The molecule has 1 amide bonds. The summed E-state index contributed by atoms with van der Waals surface area (Å²) in [6, 6.07) is 9.90. The number of nitrogens with one attached hydrogen (secondary N) is 2. The predicted molar refractivity (Wildman–Crippen MR) is 117 cm³/mol. The molecule has 2 N–H and O–H groups in total. The molecule has 1 aliphatic rings. The van der Waals surface area contributed by atoms with Crippen LogP contribution in [0, 0.1) is 10.6 Å². The van der Waals surface area contributed by atoms with Crippen LogP contribution < -0.4 is 4.72 Å². The highest BCUT2D eigenvalue weighted by Crippen LogP contribution is 2.43. The third-order valence-electron chi connectivity index (χ3n) is 5.27. The van der Waals surface area contributed by atoms with Gasteiger partial charge >= 0.3 is 0 Å². The molecule has 2 aromatic carbocycles. The van der Waals surface area contributed by atoms with Crippen LogP contribution in [0.3, 0.4) is 0 Å². The van der Waals surface area contributed by atoms with E-state index in [1.807, 2.05) is 45.0 Å². The number of carbonyl (C=O) groups excluding carboxylic acids is 1. The fourth-order valence-electron chi connectivity index (χ4n) is 3.73. The molecule has 0 unspecified atom stereocenters. The van der Waals surface area contributed by atoms with Crippen LogP contribution >= 0.6 is 0 Å². The second-order valence-corrected chi connectivity index (χ2v) is 10.4. The lowest BCUT2D eigenvalue weighted by atomic mass is 9.89. The van der Waals surface area contributed by atoms with Crippen LogP contribution in [-0.2, 0) is 27.7 Å². The Morgan fingerprint density at radius 3 is 2.40 bits per heavy atom. The fourth-order valence-corrected chi connectivity index (χ4v) is 4.76. The summed E-state index contributed by atoms with van der Waals surface area (Å²) in [7, 11) is 0.443. The van der Waals surface area contributed by atoms with Crippen LogP contribution in [0.15, 0.2) is 41.3 Å². The first-order valence-electron chi connectivity index (χ1n) is 10.2. The smallest absolute Gasteiger partial charge is 0.236 e. The van der Waals surface area contributed by atoms with E-state index in [9.17, 15) is 13.4 Å². The lowest BCUT2D eigenvalue weighted by Crippen LogP contribution is -2.31. The molecule has 1 atom stereocenters. The van der Waals surface area contributed by atoms with Crippen molar-refractivity contribution in [2.24, 2.45) is 0 Å². The second-order valence-electron chi connectivity index (χ2n) is 8.63. The monoisotopic (exact) mass is 431 g/mol. The predicted octanol–water partition coefficient (Wildman–Crippen LogP) is 4.57. The Balaban J connectivity index is 1.80. The van der Waals surface area contributed by atoms with Gasteiger partial charge in [0.25, 0.3) is 0 Å². The van der Waals surface area contributed by atoms with E-state index in [2.05, 4.69) is 4.72 Å². The minimum absolute atomic E-state index is 0.00574. The largest absolute Gasteiger partial charge is 0.305 e. The molecule has 5 nitrogen and oxygen atoms in total. The van der Waals surface area contributed by atoms with Gasteiger partial charge in [-0.05, 0) is 85.3 Å². The fraction of sp³-hybridized carbons (Fsp3) is 0.435. The molecule has 0 bridgehead atoms. The third-order valence-corrected chi connectivity index (χ3v) is 6.72. The van der Waals surface area contributed by atoms with E-state index in [1.165, 1.54) is 12.1 Å². The van der Waals surface area contributed by atoms with E-state index < -0.39 is 15.8 Å². The van der Waals surface area contributed by atoms with Crippen LogP contribution in [0.25, 0.3) is 0 Å². The van der Waals surface area contributed by atoms with Crippen molar-refractivity contribution in [3.05, 3.63) is 64.5 Å². The van der Waals surface area contributed by atoms with E-state index in [-0.39, 0.29) is 29.0 Å². The molecular formula is C23H30FN3O2S. The van der Waals surface area contributed by atoms with Crippen LogP contribution in [0.5, 0.6) is 0 Å². The van der Waals surface area contributed by atoms with Crippen molar-refractivity contribution in [1.29, 1.82) is 4.78 Å². The molecule has 0 spiro atoms. The number of hydrogen-bond donors (Lipinski definition) is 2. The molecule has 0 aliphatic heterocycles. The summed E-state index contributed by atoms with van der Waals surface area (Å²) < 4.78 is 37.6. The molecule has 1 fully saturated rings. The summed E-state index contributed by atoms with van der Waals surface area (Å²) in [4.78, 5) is 15.0. The lowest BCUT2D eigenvalue weighted by molar-refractivity contribution is -0.118. The number of amides is 1. The Morgan fingerprint density at radius 2 is 1.87 bits per heavy atom. The van der Waals surface area contributed by atoms with Gasteiger partial charge < -0.3 is 4.90 Å². The van der Waals surface area contributed by atoms with Gasteiger partial charge in [0.2, 0.25) is 5.91 Å². The van der Waals surface area contributed by atoms with Gasteiger partial charge in [-0.25, -0.2) is 13.4 Å². The molecule has 3 rings (SSSR count). The normalized spacial score (nSPS) is 16.0. The number of carbonyl (C=O) groups is 1. The number of rotatable bonds is 8. The van der Waals surface area contributed by atoms with Gasteiger partial charge in [0.05, 0.1) is 11.3 Å². The van der Waals surface area contributed by atoms with Gasteiger partial charge in [-0.15, -0.1) is 0 Å². The highest BCUT2D eigenvalue weighted by molar-refractivity contribution is 7.91. The first-order chi connectivity index (χ1) is 14.1. The van der Waals surface area contributed by atoms with Gasteiger partial charge in [-0.3, -0.25) is 9.52 Å². The van der Waals surface area contributed by atoms with Crippen molar-refractivity contribution < 1.29 is 13.4 Å². The minimum Gasteiger partial charge on any atom is -0.305 e. The Kier molecular flexibility index (Phi) is 6.62. The third kappa shape index (κ3) is 5.46. The van der Waals surface area contributed by atoms with Crippen molar-refractivity contribution in [3.8, 4) is 0 Å². The zero-order valence-electron chi connectivity index (χ0n) is 18.0. The number of nitrogens with zero attached hydrogens (tertiary/aromatic N) is 1. The molecule has 2 aromatic rings. The SMILES string of the molecule is CC(C)c1cc(F)cc(C2CC2)c1CC(=O)N[S@@](=N)(=O)c1ccc(CN(C)C)cc1. The Labute approximate surface area is 178 Å². The van der Waals surface area contributed by atoms with Gasteiger partial charge in [-0.1, -0.05) is 26.0 Å². The Hall–Kier alpha value is -2.25. The Bertz CT molecular complexity index is 1000. The summed E-state index contributed by atoms with van der Waals surface area (Å²) >= 11 is 0. The summed E-state index contributed by atoms with van der Waals surface area (Å²) in [6.45, 7) is 4.67. The molecular weight excluding hydrogens is 401 g/mol. The number of halogens is 1. The molecule has 0 saturated heterocycles. The summed E-state index contributed by atoms with van der Waals surface area (Å²) in [5.74, 6) is -0.425. The van der Waals surface area contributed by atoms with Crippen molar-refractivity contribution >= 4 is 15.8 Å². The Morgan fingerprint density at radius 1 is 1.23 bits per heavy atom. The molecule has 1 aliphatic carbocycles. The van der Waals surface area contributed by atoms with Crippen LogP contribution in [0.1, 0.15) is 60.8 Å². The van der Waals surface area contributed by atoms with Crippen LogP contribution in [-0.4, -0.2) is 29.1 Å². The average molecular weight is 432 g/mol. The van der Waals surface area contributed by atoms with E-state index in [0.717, 1.165) is 41.6 Å². The van der Waals surface area contributed by atoms with Crippen LogP contribution in [0.4, 0.5) is 4.39 Å². The minimum atomic E-state index is -3.47. The van der Waals surface area contributed by atoms with Crippen molar-refractivity contribution in [3.63, 3.8) is 0 Å². The van der Waals surface area contributed by atoms with Gasteiger partial charge in [-0.2, -0.15) is 0 Å². The van der Waals surface area contributed by atoms with Crippen LogP contribution in [0.2, 0.25) is 0 Å². The van der Waals surface area contributed by atoms with Crippen molar-refractivity contribution in [1.82, 2.24) is 9.62 Å². The topological polar surface area (TPSA) is 73.3 Å². The maximum absolute atomic E-state index is 14.1. The molecule has 162 valence electrons. The zero-order valence-corrected chi connectivity index (χ0v) is 18.8. The molecule has 7 heteroatoms. The highest BCUT2D eigenvalue weighted by atomic mass is 32.2. The van der Waals surface area contributed by atoms with Crippen molar-refractivity contribution in [2.45, 2.75) is 56.4 Å².